The zero-order valence-corrected chi connectivity index (χ0v) is 9.89. The van der Waals surface area contributed by atoms with Crippen molar-refractivity contribution in [1.29, 1.82) is 0 Å². The number of aromatic nitrogens is 3. The van der Waals surface area contributed by atoms with Crippen LogP contribution in [0.1, 0.15) is 20.3 Å². The first-order valence-electron chi connectivity index (χ1n) is 5.64. The zero-order chi connectivity index (χ0) is 11.8. The van der Waals surface area contributed by atoms with Gasteiger partial charge in [0.05, 0.1) is 6.20 Å². The summed E-state index contributed by atoms with van der Waals surface area (Å²) in [6.07, 6.45) is 4.32. The van der Waals surface area contributed by atoms with Crippen molar-refractivity contribution >= 4 is 6.03 Å². The standard InChI is InChI=1S/C10H19N5O/c1-3-14(4-2)10(16)11-6-5-8-15-9-7-12-13-15/h7,9H,3-6,8H2,1-2H3,(H,11,16). The minimum absolute atomic E-state index is 0.00332. The number of nitrogens with one attached hydrogen (secondary N) is 1. The van der Waals surface area contributed by atoms with Gasteiger partial charge in [-0.3, -0.25) is 4.68 Å². The Morgan fingerprint density at radius 2 is 2.19 bits per heavy atom. The van der Waals surface area contributed by atoms with Gasteiger partial charge in [0.2, 0.25) is 0 Å². The van der Waals surface area contributed by atoms with Crippen LogP contribution in [0.25, 0.3) is 0 Å². The van der Waals surface area contributed by atoms with Gasteiger partial charge in [-0.05, 0) is 20.3 Å². The van der Waals surface area contributed by atoms with Crippen LogP contribution >= 0.6 is 0 Å². The Morgan fingerprint density at radius 3 is 2.75 bits per heavy atom. The van der Waals surface area contributed by atoms with Crippen LogP contribution in [0.4, 0.5) is 4.79 Å². The van der Waals surface area contributed by atoms with Gasteiger partial charge in [-0.25, -0.2) is 4.79 Å². The molecular formula is C10H19N5O. The molecule has 6 nitrogen and oxygen atoms in total. The van der Waals surface area contributed by atoms with Crippen molar-refractivity contribution in [2.75, 3.05) is 19.6 Å². The molecule has 16 heavy (non-hydrogen) atoms. The maximum absolute atomic E-state index is 11.5. The third-order valence-electron chi connectivity index (χ3n) is 2.36. The Hall–Kier alpha value is -1.59. The lowest BCUT2D eigenvalue weighted by Crippen LogP contribution is -2.40. The van der Waals surface area contributed by atoms with Crippen LogP contribution in [-0.4, -0.2) is 45.6 Å². The molecule has 0 unspecified atom stereocenters. The van der Waals surface area contributed by atoms with E-state index in [4.69, 9.17) is 0 Å². The monoisotopic (exact) mass is 225 g/mol. The predicted octanol–water partition coefficient (Wildman–Crippen LogP) is 0.720. The normalized spacial score (nSPS) is 10.1. The van der Waals surface area contributed by atoms with Crippen molar-refractivity contribution in [2.45, 2.75) is 26.8 Å². The summed E-state index contributed by atoms with van der Waals surface area (Å²) in [5, 5.41) is 10.4. The molecule has 1 heterocycles. The third-order valence-corrected chi connectivity index (χ3v) is 2.36. The van der Waals surface area contributed by atoms with Crippen molar-refractivity contribution in [3.8, 4) is 0 Å². The summed E-state index contributed by atoms with van der Waals surface area (Å²) in [4.78, 5) is 13.3. The summed E-state index contributed by atoms with van der Waals surface area (Å²) in [5.74, 6) is 0. The topological polar surface area (TPSA) is 63.1 Å². The quantitative estimate of drug-likeness (QED) is 0.726. The van der Waals surface area contributed by atoms with Crippen LogP contribution in [0.2, 0.25) is 0 Å². The van der Waals surface area contributed by atoms with E-state index in [1.807, 2.05) is 20.0 Å². The highest BCUT2D eigenvalue weighted by atomic mass is 16.2. The number of hydrogen-bond acceptors (Lipinski definition) is 3. The summed E-state index contributed by atoms with van der Waals surface area (Å²) in [6.45, 7) is 6.86. The summed E-state index contributed by atoms with van der Waals surface area (Å²) < 4.78 is 1.75. The minimum Gasteiger partial charge on any atom is -0.338 e. The maximum atomic E-state index is 11.5. The molecule has 0 atom stereocenters. The fourth-order valence-electron chi connectivity index (χ4n) is 1.41. The van der Waals surface area contributed by atoms with Crippen molar-refractivity contribution < 1.29 is 4.79 Å². The molecule has 0 saturated heterocycles. The Balaban J connectivity index is 2.13. The number of amides is 2. The van der Waals surface area contributed by atoms with E-state index in [1.165, 1.54) is 0 Å². The lowest BCUT2D eigenvalue weighted by atomic mass is 10.4. The summed E-state index contributed by atoms with van der Waals surface area (Å²) in [6, 6.07) is 0.00332. The summed E-state index contributed by atoms with van der Waals surface area (Å²) >= 11 is 0. The van der Waals surface area contributed by atoms with Crippen LogP contribution in [-0.2, 0) is 6.54 Å². The average molecular weight is 225 g/mol. The molecule has 1 aromatic heterocycles. The first kappa shape index (κ1) is 12.5. The maximum Gasteiger partial charge on any atom is 0.317 e. The molecule has 0 bridgehead atoms. The second kappa shape index (κ2) is 6.81. The molecular weight excluding hydrogens is 206 g/mol. The molecule has 1 rings (SSSR count). The van der Waals surface area contributed by atoms with Crippen LogP contribution < -0.4 is 5.32 Å². The van der Waals surface area contributed by atoms with Gasteiger partial charge in [-0.2, -0.15) is 0 Å². The SMILES string of the molecule is CCN(CC)C(=O)NCCCn1ccnn1. The molecule has 1 N–H and O–H groups in total. The minimum atomic E-state index is 0.00332. The molecule has 0 aliphatic heterocycles. The van der Waals surface area contributed by atoms with Crippen LogP contribution in [0, 0.1) is 0 Å². The predicted molar refractivity (Wildman–Crippen MR) is 61.0 cm³/mol. The van der Waals surface area contributed by atoms with E-state index in [0.717, 1.165) is 26.1 Å². The van der Waals surface area contributed by atoms with Crippen molar-refractivity contribution in [2.24, 2.45) is 0 Å². The van der Waals surface area contributed by atoms with Gasteiger partial charge in [0.25, 0.3) is 0 Å². The van der Waals surface area contributed by atoms with E-state index >= 15 is 0 Å². The van der Waals surface area contributed by atoms with Crippen LogP contribution in [0.3, 0.4) is 0 Å². The largest absolute Gasteiger partial charge is 0.338 e. The molecule has 0 spiro atoms. The number of carbonyl (C=O) groups is 1. The number of rotatable bonds is 6. The second-order valence-corrected chi connectivity index (χ2v) is 3.42. The van der Waals surface area contributed by atoms with Gasteiger partial charge in [0.15, 0.2) is 0 Å². The van der Waals surface area contributed by atoms with E-state index in [1.54, 1.807) is 15.8 Å². The molecule has 90 valence electrons. The number of carbonyl (C=O) groups excluding carboxylic acids is 1. The van der Waals surface area contributed by atoms with E-state index in [0.29, 0.717) is 6.54 Å². The van der Waals surface area contributed by atoms with E-state index in [9.17, 15) is 4.79 Å². The van der Waals surface area contributed by atoms with Gasteiger partial charge in [0, 0.05) is 32.4 Å². The van der Waals surface area contributed by atoms with Gasteiger partial charge in [-0.1, -0.05) is 5.21 Å². The Kier molecular flexibility index (Phi) is 5.31. The van der Waals surface area contributed by atoms with Crippen LogP contribution in [0.5, 0.6) is 0 Å². The smallest absolute Gasteiger partial charge is 0.317 e. The fourth-order valence-corrected chi connectivity index (χ4v) is 1.41. The Bertz CT molecular complexity index is 294. The molecule has 1 aromatic rings. The van der Waals surface area contributed by atoms with E-state index in [2.05, 4.69) is 15.6 Å². The lowest BCUT2D eigenvalue weighted by molar-refractivity contribution is 0.203. The molecule has 0 aliphatic carbocycles. The van der Waals surface area contributed by atoms with Gasteiger partial charge in [-0.15, -0.1) is 5.10 Å². The molecule has 2 amide bonds. The highest BCUT2D eigenvalue weighted by molar-refractivity contribution is 5.73. The highest BCUT2D eigenvalue weighted by Crippen LogP contribution is 1.90. The van der Waals surface area contributed by atoms with Crippen LogP contribution in [0.15, 0.2) is 12.4 Å². The molecule has 0 saturated carbocycles. The number of aryl methyl sites for hydroxylation is 1. The molecule has 0 aliphatic rings. The second-order valence-electron chi connectivity index (χ2n) is 3.42. The summed E-state index contributed by atoms with van der Waals surface area (Å²) in [7, 11) is 0. The van der Waals surface area contributed by atoms with Gasteiger partial charge >= 0.3 is 6.03 Å². The molecule has 0 aromatic carbocycles. The molecule has 0 fully saturated rings. The molecule has 0 radical (unpaired) electrons. The van der Waals surface area contributed by atoms with Gasteiger partial charge < -0.3 is 10.2 Å². The number of urea groups is 1. The number of hydrogen-bond donors (Lipinski definition) is 1. The van der Waals surface area contributed by atoms with Gasteiger partial charge in [0.1, 0.15) is 0 Å². The molecule has 6 heteroatoms. The van der Waals surface area contributed by atoms with Crippen molar-refractivity contribution in [3.05, 3.63) is 12.4 Å². The lowest BCUT2D eigenvalue weighted by Gasteiger charge is -2.19. The zero-order valence-electron chi connectivity index (χ0n) is 9.89. The average Bonchev–Trinajstić information content (AvgIpc) is 2.79. The number of nitrogens with zero attached hydrogens (tertiary/aromatic N) is 4. The van der Waals surface area contributed by atoms with Crippen molar-refractivity contribution in [3.63, 3.8) is 0 Å². The first-order valence-corrected chi connectivity index (χ1v) is 5.64. The fraction of sp³-hybridized carbons (Fsp3) is 0.700. The Labute approximate surface area is 95.6 Å². The third kappa shape index (κ3) is 3.88. The Morgan fingerprint density at radius 1 is 1.44 bits per heavy atom. The summed E-state index contributed by atoms with van der Waals surface area (Å²) in [5.41, 5.74) is 0. The highest BCUT2D eigenvalue weighted by Gasteiger charge is 2.07. The van der Waals surface area contributed by atoms with Crippen molar-refractivity contribution in [1.82, 2.24) is 25.2 Å². The van der Waals surface area contributed by atoms with E-state index in [-0.39, 0.29) is 6.03 Å². The van der Waals surface area contributed by atoms with E-state index < -0.39 is 0 Å². The first-order chi connectivity index (χ1) is 7.77.